The fraction of sp³-hybridized carbons (Fsp3) is 0.368. The maximum absolute atomic E-state index is 6.38. The lowest BCUT2D eigenvalue weighted by molar-refractivity contribution is -0.0647. The smallest absolute Gasteiger partial charge is 0.162 e. The highest BCUT2D eigenvalue weighted by atomic mass is 35.5. The zero-order chi connectivity index (χ0) is 17.6. The van der Waals surface area contributed by atoms with E-state index in [9.17, 15) is 0 Å². The van der Waals surface area contributed by atoms with Crippen molar-refractivity contribution in [2.75, 3.05) is 20.3 Å². The summed E-state index contributed by atoms with van der Waals surface area (Å²) < 4.78 is 17.6. The summed E-state index contributed by atoms with van der Waals surface area (Å²) in [4.78, 5) is 0. The van der Waals surface area contributed by atoms with Gasteiger partial charge in [-0.25, -0.2) is 0 Å². The molecule has 0 spiro atoms. The molecule has 0 saturated carbocycles. The van der Waals surface area contributed by atoms with Crippen molar-refractivity contribution in [1.82, 2.24) is 0 Å². The van der Waals surface area contributed by atoms with E-state index >= 15 is 0 Å². The van der Waals surface area contributed by atoms with Crippen molar-refractivity contribution in [3.05, 3.63) is 59.1 Å². The zero-order valence-electron chi connectivity index (χ0n) is 14.3. The van der Waals surface area contributed by atoms with Gasteiger partial charge in [0.15, 0.2) is 17.1 Å². The van der Waals surface area contributed by atoms with Crippen LogP contribution in [0.5, 0.6) is 11.5 Å². The molecule has 0 heterocycles. The van der Waals surface area contributed by atoms with Gasteiger partial charge in [0.2, 0.25) is 0 Å². The third-order valence-electron chi connectivity index (χ3n) is 3.98. The quantitative estimate of drug-likeness (QED) is 0.782. The molecule has 2 rings (SSSR count). The van der Waals surface area contributed by atoms with Crippen LogP contribution in [0, 0.1) is 0 Å². The van der Waals surface area contributed by atoms with E-state index in [0.717, 1.165) is 5.56 Å². The molecular formula is C19H24ClNO3. The van der Waals surface area contributed by atoms with Crippen LogP contribution in [-0.2, 0) is 10.3 Å². The van der Waals surface area contributed by atoms with Gasteiger partial charge < -0.3 is 19.9 Å². The Morgan fingerprint density at radius 1 is 1.12 bits per heavy atom. The first kappa shape index (κ1) is 18.6. The average molecular weight is 350 g/mol. The Kier molecular flexibility index (Phi) is 6.49. The van der Waals surface area contributed by atoms with E-state index in [-0.39, 0.29) is 6.10 Å². The summed E-state index contributed by atoms with van der Waals surface area (Å²) in [5, 5.41) is 0.632. The number of hydrogen-bond donors (Lipinski definition) is 1. The summed E-state index contributed by atoms with van der Waals surface area (Å²) in [6, 6.07) is 15.1. The van der Waals surface area contributed by atoms with E-state index in [1.165, 1.54) is 0 Å². The summed E-state index contributed by atoms with van der Waals surface area (Å²) in [6.45, 7) is 4.74. The van der Waals surface area contributed by atoms with E-state index in [0.29, 0.717) is 29.7 Å². The standard InChI is InChI=1S/C19H24ClNO3/c1-4-23-16-10-5-6-11-17(16)24-19(2,18(13-21)22-3)14-8-7-9-15(20)12-14/h5-12,18H,4,13,21H2,1-3H3. The van der Waals surface area contributed by atoms with Crippen LogP contribution in [-0.4, -0.2) is 26.4 Å². The molecule has 0 bridgehead atoms. The SMILES string of the molecule is CCOc1ccccc1OC(C)(c1cccc(Cl)c1)C(CN)OC. The molecular weight excluding hydrogens is 326 g/mol. The third-order valence-corrected chi connectivity index (χ3v) is 4.22. The number of para-hydroxylation sites is 2. The highest BCUT2D eigenvalue weighted by Crippen LogP contribution is 2.37. The van der Waals surface area contributed by atoms with Crippen LogP contribution in [0.3, 0.4) is 0 Å². The normalized spacial score (nSPS) is 14.7. The van der Waals surface area contributed by atoms with Gasteiger partial charge in [0.25, 0.3) is 0 Å². The summed E-state index contributed by atoms with van der Waals surface area (Å²) in [5.74, 6) is 1.32. The van der Waals surface area contributed by atoms with Crippen molar-refractivity contribution in [1.29, 1.82) is 0 Å². The monoisotopic (exact) mass is 349 g/mol. The van der Waals surface area contributed by atoms with Crippen LogP contribution >= 0.6 is 11.6 Å². The molecule has 0 aliphatic carbocycles. The lowest BCUT2D eigenvalue weighted by atomic mass is 9.89. The van der Waals surface area contributed by atoms with Crippen LogP contribution in [0.15, 0.2) is 48.5 Å². The van der Waals surface area contributed by atoms with E-state index in [1.807, 2.05) is 62.4 Å². The number of hydrogen-bond acceptors (Lipinski definition) is 4. The molecule has 130 valence electrons. The first-order chi connectivity index (χ1) is 11.5. The molecule has 0 aliphatic heterocycles. The summed E-state index contributed by atoms with van der Waals surface area (Å²) in [7, 11) is 1.62. The van der Waals surface area contributed by atoms with Gasteiger partial charge >= 0.3 is 0 Å². The van der Waals surface area contributed by atoms with Crippen LogP contribution in [0.4, 0.5) is 0 Å². The second-order valence-electron chi connectivity index (χ2n) is 5.56. The highest BCUT2D eigenvalue weighted by Gasteiger charge is 2.39. The largest absolute Gasteiger partial charge is 0.490 e. The van der Waals surface area contributed by atoms with Crippen molar-refractivity contribution < 1.29 is 14.2 Å². The molecule has 0 radical (unpaired) electrons. The summed E-state index contributed by atoms with van der Waals surface area (Å²) >= 11 is 6.17. The van der Waals surface area contributed by atoms with Gasteiger partial charge in [-0.05, 0) is 43.7 Å². The highest BCUT2D eigenvalue weighted by molar-refractivity contribution is 6.30. The first-order valence-corrected chi connectivity index (χ1v) is 8.32. The Hall–Kier alpha value is -1.75. The van der Waals surface area contributed by atoms with Crippen molar-refractivity contribution in [2.45, 2.75) is 25.6 Å². The molecule has 0 saturated heterocycles. The molecule has 2 N–H and O–H groups in total. The average Bonchev–Trinajstić information content (AvgIpc) is 2.58. The second-order valence-corrected chi connectivity index (χ2v) is 6.00. The lowest BCUT2D eigenvalue weighted by Gasteiger charge is -2.37. The number of nitrogens with two attached hydrogens (primary N) is 1. The van der Waals surface area contributed by atoms with E-state index < -0.39 is 5.60 Å². The Labute approximate surface area is 148 Å². The number of halogens is 1. The van der Waals surface area contributed by atoms with E-state index in [4.69, 9.17) is 31.5 Å². The van der Waals surface area contributed by atoms with E-state index in [2.05, 4.69) is 0 Å². The fourth-order valence-electron chi connectivity index (χ4n) is 2.69. The maximum Gasteiger partial charge on any atom is 0.162 e. The Morgan fingerprint density at radius 3 is 2.42 bits per heavy atom. The molecule has 2 aromatic carbocycles. The topological polar surface area (TPSA) is 53.7 Å². The van der Waals surface area contributed by atoms with E-state index in [1.54, 1.807) is 7.11 Å². The molecule has 2 aromatic rings. The molecule has 2 unspecified atom stereocenters. The minimum Gasteiger partial charge on any atom is -0.490 e. The van der Waals surface area contributed by atoms with Gasteiger partial charge in [0.05, 0.1) is 6.61 Å². The second kappa shape index (κ2) is 8.38. The van der Waals surface area contributed by atoms with Crippen LogP contribution in [0.2, 0.25) is 5.02 Å². The Balaban J connectivity index is 2.48. The minimum absolute atomic E-state index is 0.302. The van der Waals surface area contributed by atoms with Crippen molar-refractivity contribution in [2.24, 2.45) is 5.73 Å². The van der Waals surface area contributed by atoms with Gasteiger partial charge in [0, 0.05) is 18.7 Å². The van der Waals surface area contributed by atoms with Crippen molar-refractivity contribution >= 4 is 11.6 Å². The predicted octanol–water partition coefficient (Wildman–Crippen LogP) is 4.01. The summed E-state index contributed by atoms with van der Waals surface area (Å²) in [6.07, 6.45) is -0.356. The van der Waals surface area contributed by atoms with Crippen LogP contribution < -0.4 is 15.2 Å². The van der Waals surface area contributed by atoms with Gasteiger partial charge in [0.1, 0.15) is 6.10 Å². The van der Waals surface area contributed by atoms with Gasteiger partial charge in [-0.3, -0.25) is 0 Å². The predicted molar refractivity (Wildman–Crippen MR) is 96.9 cm³/mol. The molecule has 2 atom stereocenters. The van der Waals surface area contributed by atoms with Crippen molar-refractivity contribution in [3.8, 4) is 11.5 Å². The Morgan fingerprint density at radius 2 is 1.83 bits per heavy atom. The van der Waals surface area contributed by atoms with Crippen LogP contribution in [0.1, 0.15) is 19.4 Å². The van der Waals surface area contributed by atoms with Crippen molar-refractivity contribution in [3.63, 3.8) is 0 Å². The minimum atomic E-state index is -0.818. The number of methoxy groups -OCH3 is 1. The number of benzene rings is 2. The third kappa shape index (κ3) is 4.01. The maximum atomic E-state index is 6.38. The molecule has 0 aliphatic rings. The van der Waals surface area contributed by atoms with Gasteiger partial charge in [-0.15, -0.1) is 0 Å². The van der Waals surface area contributed by atoms with Gasteiger partial charge in [-0.1, -0.05) is 35.9 Å². The number of rotatable bonds is 8. The zero-order valence-corrected chi connectivity index (χ0v) is 15.0. The fourth-order valence-corrected chi connectivity index (χ4v) is 2.88. The molecule has 0 amide bonds. The van der Waals surface area contributed by atoms with Gasteiger partial charge in [-0.2, -0.15) is 0 Å². The molecule has 0 fully saturated rings. The molecule has 5 heteroatoms. The Bertz CT molecular complexity index is 661. The lowest BCUT2D eigenvalue weighted by Crippen LogP contribution is -2.47. The molecule has 4 nitrogen and oxygen atoms in total. The summed E-state index contributed by atoms with van der Waals surface area (Å²) in [5.41, 5.74) is 6.00. The van der Waals surface area contributed by atoms with Crippen LogP contribution in [0.25, 0.3) is 0 Å². The molecule has 24 heavy (non-hydrogen) atoms. The number of ether oxygens (including phenoxy) is 3. The molecule has 0 aromatic heterocycles. The first-order valence-electron chi connectivity index (χ1n) is 7.94.